The molecule has 0 radical (unpaired) electrons. The van der Waals surface area contributed by atoms with Crippen molar-refractivity contribution in [3.05, 3.63) is 28.3 Å². The predicted molar refractivity (Wildman–Crippen MR) is 97.7 cm³/mol. The molecule has 1 amide bonds. The standard InChI is InChI=1S/C19H23ClN2O3/c1-12-6-4-5-7-16(12)22-19(23)14(11-21)8-13-9-17(24-2)18(25-3)10-15(13)20/h8-10,12,16H,4-7H2,1-3H3,(H,22,23)/b14-8+/t12-,16-/m1/s1. The molecule has 25 heavy (non-hydrogen) atoms. The quantitative estimate of drug-likeness (QED) is 0.635. The molecule has 0 bridgehead atoms. The van der Waals surface area contributed by atoms with Gasteiger partial charge in [-0.25, -0.2) is 0 Å². The number of halogens is 1. The van der Waals surface area contributed by atoms with Crippen molar-refractivity contribution in [1.29, 1.82) is 5.26 Å². The molecular formula is C19H23ClN2O3. The maximum absolute atomic E-state index is 12.5. The monoisotopic (exact) mass is 362 g/mol. The van der Waals surface area contributed by atoms with Crippen molar-refractivity contribution >= 4 is 23.6 Å². The van der Waals surface area contributed by atoms with Crippen LogP contribution in [0.25, 0.3) is 6.08 Å². The molecule has 2 rings (SSSR count). The zero-order chi connectivity index (χ0) is 18.4. The van der Waals surface area contributed by atoms with Gasteiger partial charge in [-0.3, -0.25) is 4.79 Å². The molecule has 5 nitrogen and oxygen atoms in total. The zero-order valence-corrected chi connectivity index (χ0v) is 15.5. The third-order valence-corrected chi connectivity index (χ3v) is 4.92. The molecule has 1 aromatic carbocycles. The molecule has 1 saturated carbocycles. The fourth-order valence-electron chi connectivity index (χ4n) is 3.06. The van der Waals surface area contributed by atoms with E-state index in [2.05, 4.69) is 12.2 Å². The van der Waals surface area contributed by atoms with E-state index < -0.39 is 0 Å². The van der Waals surface area contributed by atoms with E-state index in [0.717, 1.165) is 19.3 Å². The Labute approximate surface area is 153 Å². The molecule has 0 saturated heterocycles. The van der Waals surface area contributed by atoms with Crippen molar-refractivity contribution in [2.45, 2.75) is 38.6 Å². The number of benzene rings is 1. The highest BCUT2D eigenvalue weighted by Crippen LogP contribution is 2.34. The van der Waals surface area contributed by atoms with Crippen molar-refractivity contribution < 1.29 is 14.3 Å². The highest BCUT2D eigenvalue weighted by atomic mass is 35.5. The molecule has 1 aliphatic carbocycles. The minimum atomic E-state index is -0.368. The Kier molecular flexibility index (Phi) is 6.72. The first-order chi connectivity index (χ1) is 12.0. The van der Waals surface area contributed by atoms with Gasteiger partial charge in [0.15, 0.2) is 11.5 Å². The topological polar surface area (TPSA) is 71.3 Å². The number of amides is 1. The fraction of sp³-hybridized carbons (Fsp3) is 0.474. The first-order valence-corrected chi connectivity index (χ1v) is 8.72. The van der Waals surface area contributed by atoms with E-state index in [1.165, 1.54) is 26.7 Å². The number of hydrogen-bond donors (Lipinski definition) is 1. The number of nitrogens with one attached hydrogen (secondary N) is 1. The van der Waals surface area contributed by atoms with E-state index in [0.29, 0.717) is 28.0 Å². The van der Waals surface area contributed by atoms with Gasteiger partial charge in [-0.05, 0) is 36.5 Å². The molecule has 134 valence electrons. The van der Waals surface area contributed by atoms with Crippen LogP contribution < -0.4 is 14.8 Å². The van der Waals surface area contributed by atoms with E-state index in [9.17, 15) is 10.1 Å². The van der Waals surface area contributed by atoms with Gasteiger partial charge in [-0.1, -0.05) is 31.4 Å². The van der Waals surface area contributed by atoms with Gasteiger partial charge >= 0.3 is 0 Å². The van der Waals surface area contributed by atoms with Crippen LogP contribution in [0.3, 0.4) is 0 Å². The number of carbonyl (C=O) groups is 1. The first kappa shape index (κ1) is 19.1. The summed E-state index contributed by atoms with van der Waals surface area (Å²) in [6.07, 6.45) is 5.81. The van der Waals surface area contributed by atoms with E-state index in [1.807, 2.05) is 6.07 Å². The first-order valence-electron chi connectivity index (χ1n) is 8.34. The van der Waals surface area contributed by atoms with Gasteiger partial charge in [-0.15, -0.1) is 0 Å². The summed E-state index contributed by atoms with van der Waals surface area (Å²) in [4.78, 5) is 12.5. The Morgan fingerprint density at radius 2 is 1.92 bits per heavy atom. The summed E-state index contributed by atoms with van der Waals surface area (Å²) in [7, 11) is 3.03. The van der Waals surface area contributed by atoms with Crippen LogP contribution in [0.5, 0.6) is 11.5 Å². The third-order valence-electron chi connectivity index (χ3n) is 4.60. The zero-order valence-electron chi connectivity index (χ0n) is 14.8. The number of carbonyl (C=O) groups excluding carboxylic acids is 1. The highest BCUT2D eigenvalue weighted by molar-refractivity contribution is 6.32. The van der Waals surface area contributed by atoms with E-state index >= 15 is 0 Å². The summed E-state index contributed by atoms with van der Waals surface area (Å²) in [6.45, 7) is 2.13. The second kappa shape index (κ2) is 8.77. The number of nitriles is 1. The Morgan fingerprint density at radius 3 is 2.52 bits per heavy atom. The minimum Gasteiger partial charge on any atom is -0.493 e. The summed E-state index contributed by atoms with van der Waals surface area (Å²) in [5, 5.41) is 12.8. The Balaban J connectivity index is 2.24. The van der Waals surface area contributed by atoms with E-state index in [4.69, 9.17) is 21.1 Å². The van der Waals surface area contributed by atoms with Crippen LogP contribution in [0.1, 0.15) is 38.2 Å². The molecule has 1 aromatic rings. The van der Waals surface area contributed by atoms with Crippen LogP contribution in [-0.2, 0) is 4.79 Å². The number of nitrogens with zero attached hydrogens (tertiary/aromatic N) is 1. The lowest BCUT2D eigenvalue weighted by Gasteiger charge is -2.29. The number of hydrogen-bond acceptors (Lipinski definition) is 4. The predicted octanol–water partition coefficient (Wildman–Crippen LogP) is 3.96. The second-order valence-corrected chi connectivity index (χ2v) is 6.65. The molecule has 2 atom stereocenters. The van der Waals surface area contributed by atoms with Crippen molar-refractivity contribution in [2.24, 2.45) is 5.92 Å². The molecule has 1 aliphatic rings. The molecule has 0 unspecified atom stereocenters. The average molecular weight is 363 g/mol. The normalized spacial score (nSPS) is 20.5. The SMILES string of the molecule is COc1cc(Cl)c(/C=C(\C#N)C(=O)N[C@@H]2CCCC[C@H]2C)cc1OC. The minimum absolute atomic E-state index is 0.0203. The van der Waals surface area contributed by atoms with Gasteiger partial charge in [0.25, 0.3) is 5.91 Å². The van der Waals surface area contributed by atoms with Gasteiger partial charge in [-0.2, -0.15) is 5.26 Å². The third kappa shape index (κ3) is 4.67. The maximum Gasteiger partial charge on any atom is 0.262 e. The number of rotatable bonds is 5. The van der Waals surface area contributed by atoms with Gasteiger partial charge in [0, 0.05) is 12.1 Å². The van der Waals surface area contributed by atoms with Crippen LogP contribution >= 0.6 is 11.6 Å². The van der Waals surface area contributed by atoms with Gasteiger partial charge in [0.1, 0.15) is 11.6 Å². The van der Waals surface area contributed by atoms with Crippen LogP contribution in [0.4, 0.5) is 0 Å². The summed E-state index contributed by atoms with van der Waals surface area (Å²) in [5.41, 5.74) is 0.551. The van der Waals surface area contributed by atoms with Gasteiger partial charge in [0.05, 0.1) is 19.2 Å². The van der Waals surface area contributed by atoms with Crippen LogP contribution in [0.2, 0.25) is 5.02 Å². The molecule has 6 heteroatoms. The number of ether oxygens (including phenoxy) is 2. The van der Waals surface area contributed by atoms with Crippen molar-refractivity contribution in [1.82, 2.24) is 5.32 Å². The smallest absolute Gasteiger partial charge is 0.262 e. The largest absolute Gasteiger partial charge is 0.493 e. The van der Waals surface area contributed by atoms with Crippen molar-refractivity contribution in [3.63, 3.8) is 0 Å². The van der Waals surface area contributed by atoms with E-state index in [-0.39, 0.29) is 17.5 Å². The van der Waals surface area contributed by atoms with Crippen LogP contribution in [-0.4, -0.2) is 26.2 Å². The lowest BCUT2D eigenvalue weighted by molar-refractivity contribution is -0.118. The van der Waals surface area contributed by atoms with Crippen LogP contribution in [0.15, 0.2) is 17.7 Å². The number of methoxy groups -OCH3 is 2. The summed E-state index contributed by atoms with van der Waals surface area (Å²) in [6, 6.07) is 5.32. The molecular weight excluding hydrogens is 340 g/mol. The molecule has 1 fully saturated rings. The lowest BCUT2D eigenvalue weighted by atomic mass is 9.86. The van der Waals surface area contributed by atoms with Gasteiger partial charge in [0.2, 0.25) is 0 Å². The van der Waals surface area contributed by atoms with E-state index in [1.54, 1.807) is 12.1 Å². The summed E-state index contributed by atoms with van der Waals surface area (Å²) >= 11 is 6.24. The van der Waals surface area contributed by atoms with Gasteiger partial charge < -0.3 is 14.8 Å². The molecule has 1 N–H and O–H groups in total. The lowest BCUT2D eigenvalue weighted by Crippen LogP contribution is -2.41. The summed E-state index contributed by atoms with van der Waals surface area (Å²) < 4.78 is 10.4. The Hall–Kier alpha value is -2.19. The van der Waals surface area contributed by atoms with Crippen molar-refractivity contribution in [2.75, 3.05) is 14.2 Å². The van der Waals surface area contributed by atoms with Crippen molar-refractivity contribution in [3.8, 4) is 17.6 Å². The Morgan fingerprint density at radius 1 is 1.28 bits per heavy atom. The second-order valence-electron chi connectivity index (χ2n) is 6.24. The Bertz CT molecular complexity index is 709. The molecule has 0 aromatic heterocycles. The maximum atomic E-state index is 12.5. The molecule has 0 spiro atoms. The highest BCUT2D eigenvalue weighted by Gasteiger charge is 2.24. The summed E-state index contributed by atoms with van der Waals surface area (Å²) in [5.74, 6) is 1.02. The van der Waals surface area contributed by atoms with Crippen LogP contribution in [0, 0.1) is 17.2 Å². The average Bonchev–Trinajstić information content (AvgIpc) is 2.62. The molecule has 0 heterocycles. The fourth-order valence-corrected chi connectivity index (χ4v) is 3.27. The molecule has 0 aliphatic heterocycles.